The van der Waals surface area contributed by atoms with E-state index in [1.54, 1.807) is 19.3 Å². The monoisotopic (exact) mass is 347 g/mol. The van der Waals surface area contributed by atoms with Crippen molar-refractivity contribution in [2.24, 2.45) is 0 Å². The van der Waals surface area contributed by atoms with Crippen LogP contribution in [0, 0.1) is 0 Å². The largest absolute Gasteiger partial charge is 0.478 e. The number of benzene rings is 1. The highest BCUT2D eigenvalue weighted by Gasteiger charge is 2.35. The van der Waals surface area contributed by atoms with Crippen LogP contribution in [0.15, 0.2) is 70.5 Å². The third-order valence-electron chi connectivity index (χ3n) is 4.66. The molecule has 1 aromatic carbocycles. The molecule has 1 atom stereocenters. The van der Waals surface area contributed by atoms with Gasteiger partial charge in [0.1, 0.15) is 5.52 Å². The minimum atomic E-state index is -0.967. The summed E-state index contributed by atoms with van der Waals surface area (Å²) >= 11 is 0. The van der Waals surface area contributed by atoms with Crippen LogP contribution >= 0.6 is 0 Å². The number of para-hydroxylation sites is 1. The molecule has 3 heterocycles. The van der Waals surface area contributed by atoms with Gasteiger partial charge in [0.2, 0.25) is 0 Å². The van der Waals surface area contributed by atoms with Gasteiger partial charge in [-0.2, -0.15) is 0 Å². The fourth-order valence-corrected chi connectivity index (χ4v) is 3.63. The molecule has 1 aliphatic heterocycles. The molecular weight excluding hydrogens is 330 g/mol. The molecule has 1 aliphatic rings. The molecule has 2 N–H and O–H groups in total. The van der Waals surface area contributed by atoms with Gasteiger partial charge in [0.15, 0.2) is 12.0 Å². The number of hydrogen-bond acceptors (Lipinski definition) is 5. The Bertz CT molecular complexity index is 1060. The summed E-state index contributed by atoms with van der Waals surface area (Å²) in [4.78, 5) is 20.5. The number of hydrogen-bond donors (Lipinski definition) is 2. The van der Waals surface area contributed by atoms with Crippen molar-refractivity contribution in [2.45, 2.75) is 19.8 Å². The van der Waals surface area contributed by atoms with E-state index in [2.05, 4.69) is 15.3 Å². The van der Waals surface area contributed by atoms with Crippen molar-refractivity contribution in [3.8, 4) is 0 Å². The second kappa shape index (κ2) is 6.15. The van der Waals surface area contributed by atoms with Gasteiger partial charge in [-0.3, -0.25) is 4.98 Å². The van der Waals surface area contributed by atoms with Gasteiger partial charge < -0.3 is 14.8 Å². The van der Waals surface area contributed by atoms with Gasteiger partial charge in [-0.1, -0.05) is 18.2 Å². The fraction of sp³-hybridized carbons (Fsp3) is 0.150. The Hall–Kier alpha value is -3.41. The van der Waals surface area contributed by atoms with E-state index in [0.717, 1.165) is 22.4 Å². The molecule has 0 bridgehead atoms. The molecule has 0 spiro atoms. The lowest BCUT2D eigenvalue weighted by molar-refractivity contribution is -0.132. The van der Waals surface area contributed by atoms with Gasteiger partial charge in [-0.25, -0.2) is 9.78 Å². The number of nitrogens with zero attached hydrogens (tertiary/aromatic N) is 2. The van der Waals surface area contributed by atoms with Crippen molar-refractivity contribution in [3.05, 3.63) is 77.2 Å². The number of pyridine rings is 1. The zero-order valence-electron chi connectivity index (χ0n) is 14.4. The van der Waals surface area contributed by atoms with Gasteiger partial charge in [0, 0.05) is 35.3 Å². The second-order valence-electron chi connectivity index (χ2n) is 6.23. The number of nitrogens with one attached hydrogen (secondary N) is 1. The van der Waals surface area contributed by atoms with Crippen LogP contribution in [-0.4, -0.2) is 21.0 Å². The van der Waals surface area contributed by atoms with Crippen LogP contribution in [0.25, 0.3) is 16.7 Å². The molecular formula is C20H17N3O3. The van der Waals surface area contributed by atoms with Crippen molar-refractivity contribution < 1.29 is 14.3 Å². The maximum atomic E-state index is 12.1. The second-order valence-corrected chi connectivity index (χ2v) is 6.23. The summed E-state index contributed by atoms with van der Waals surface area (Å²) in [6.07, 6.45) is 4.82. The molecule has 26 heavy (non-hydrogen) atoms. The number of rotatable bonds is 3. The lowest BCUT2D eigenvalue weighted by atomic mass is 9.78. The first kappa shape index (κ1) is 16.1. The van der Waals surface area contributed by atoms with E-state index in [4.69, 9.17) is 4.42 Å². The van der Waals surface area contributed by atoms with E-state index in [0.29, 0.717) is 22.4 Å². The molecule has 130 valence electrons. The third kappa shape index (κ3) is 2.47. The third-order valence-corrected chi connectivity index (χ3v) is 4.66. The summed E-state index contributed by atoms with van der Waals surface area (Å²) in [6, 6.07) is 9.38. The minimum Gasteiger partial charge on any atom is -0.478 e. The van der Waals surface area contributed by atoms with Crippen LogP contribution in [0.4, 0.5) is 0 Å². The molecule has 0 aliphatic carbocycles. The summed E-state index contributed by atoms with van der Waals surface area (Å²) in [5, 5.41) is 13.1. The SMILES string of the molecule is CC1=C(C(=O)O)C(c2cccc3ncoc23)C(c2cccnc2)=C(C)N1. The Balaban J connectivity index is 2.03. The molecule has 1 unspecified atom stereocenters. The van der Waals surface area contributed by atoms with E-state index in [-0.39, 0.29) is 0 Å². The van der Waals surface area contributed by atoms with Gasteiger partial charge in [0.05, 0.1) is 5.57 Å². The first-order valence-electron chi connectivity index (χ1n) is 8.22. The van der Waals surface area contributed by atoms with Crippen molar-refractivity contribution in [1.82, 2.24) is 15.3 Å². The van der Waals surface area contributed by atoms with E-state index in [1.807, 2.05) is 37.3 Å². The zero-order chi connectivity index (χ0) is 18.3. The van der Waals surface area contributed by atoms with E-state index >= 15 is 0 Å². The highest BCUT2D eigenvalue weighted by atomic mass is 16.4. The molecule has 0 radical (unpaired) electrons. The quantitative estimate of drug-likeness (QED) is 0.751. The molecule has 0 amide bonds. The van der Waals surface area contributed by atoms with Crippen molar-refractivity contribution in [3.63, 3.8) is 0 Å². The van der Waals surface area contributed by atoms with Crippen LogP contribution in [0.3, 0.4) is 0 Å². The molecule has 0 fully saturated rings. The molecule has 6 nitrogen and oxygen atoms in total. The summed E-state index contributed by atoms with van der Waals surface area (Å²) in [6.45, 7) is 3.72. The summed E-state index contributed by atoms with van der Waals surface area (Å²) in [5.41, 5.74) is 5.60. The number of carbonyl (C=O) groups is 1. The van der Waals surface area contributed by atoms with Gasteiger partial charge in [-0.05, 0) is 37.1 Å². The van der Waals surface area contributed by atoms with E-state index in [9.17, 15) is 9.90 Å². The van der Waals surface area contributed by atoms with Gasteiger partial charge >= 0.3 is 5.97 Å². The number of dihydropyridines is 1. The fourth-order valence-electron chi connectivity index (χ4n) is 3.63. The van der Waals surface area contributed by atoms with Crippen molar-refractivity contribution in [1.29, 1.82) is 0 Å². The number of carboxylic acid groups (broad SMARTS) is 1. The van der Waals surface area contributed by atoms with Crippen LogP contribution in [0.5, 0.6) is 0 Å². The zero-order valence-corrected chi connectivity index (χ0v) is 14.4. The highest BCUT2D eigenvalue weighted by Crippen LogP contribution is 2.45. The van der Waals surface area contributed by atoms with Crippen LogP contribution in [0.1, 0.15) is 30.9 Å². The first-order valence-corrected chi connectivity index (χ1v) is 8.22. The number of aromatic nitrogens is 2. The Kier molecular flexibility index (Phi) is 3.80. The molecule has 0 saturated heterocycles. The van der Waals surface area contributed by atoms with Crippen molar-refractivity contribution in [2.75, 3.05) is 0 Å². The Morgan fingerprint density at radius 3 is 2.77 bits per heavy atom. The topological polar surface area (TPSA) is 88.2 Å². The van der Waals surface area contributed by atoms with E-state index < -0.39 is 11.9 Å². The van der Waals surface area contributed by atoms with Crippen LogP contribution in [0.2, 0.25) is 0 Å². The van der Waals surface area contributed by atoms with Gasteiger partial charge in [-0.15, -0.1) is 0 Å². The predicted molar refractivity (Wildman–Crippen MR) is 97.1 cm³/mol. The number of allylic oxidation sites excluding steroid dienone is 3. The maximum absolute atomic E-state index is 12.1. The lowest BCUT2D eigenvalue weighted by Gasteiger charge is -2.31. The predicted octanol–water partition coefficient (Wildman–Crippen LogP) is 3.70. The van der Waals surface area contributed by atoms with Gasteiger partial charge in [0.25, 0.3) is 0 Å². The smallest absolute Gasteiger partial charge is 0.334 e. The number of carboxylic acids is 1. The number of fused-ring (bicyclic) bond motifs is 1. The molecule has 4 rings (SSSR count). The number of aliphatic carboxylic acids is 1. The standard InChI is InChI=1S/C20H17N3O3/c1-11-16(13-5-4-8-21-9-13)18(17(20(24)25)12(2)23-11)14-6-3-7-15-19(14)26-10-22-15/h3-10,18,23H,1-2H3,(H,24,25). The maximum Gasteiger partial charge on any atom is 0.334 e. The molecule has 2 aromatic heterocycles. The normalized spacial score (nSPS) is 17.5. The number of oxazole rings is 1. The van der Waals surface area contributed by atoms with Crippen LogP contribution < -0.4 is 5.32 Å². The summed E-state index contributed by atoms with van der Waals surface area (Å²) < 4.78 is 5.60. The molecule has 6 heteroatoms. The summed E-state index contributed by atoms with van der Waals surface area (Å²) in [7, 11) is 0. The minimum absolute atomic E-state index is 0.290. The highest BCUT2D eigenvalue weighted by molar-refractivity contribution is 5.98. The molecule has 0 saturated carbocycles. The Labute approximate surface area is 149 Å². The Morgan fingerprint density at radius 2 is 2.04 bits per heavy atom. The molecule has 3 aromatic rings. The average Bonchev–Trinajstić information content (AvgIpc) is 3.10. The van der Waals surface area contributed by atoms with Crippen molar-refractivity contribution >= 4 is 22.6 Å². The Morgan fingerprint density at radius 1 is 1.19 bits per heavy atom. The first-order chi connectivity index (χ1) is 12.6. The average molecular weight is 347 g/mol. The lowest BCUT2D eigenvalue weighted by Crippen LogP contribution is -2.27. The summed E-state index contributed by atoms with van der Waals surface area (Å²) in [5.74, 6) is -1.46. The van der Waals surface area contributed by atoms with E-state index in [1.165, 1.54) is 6.39 Å². The van der Waals surface area contributed by atoms with Crippen LogP contribution in [-0.2, 0) is 4.79 Å².